The summed E-state index contributed by atoms with van der Waals surface area (Å²) in [6, 6.07) is 18.2. The largest absolute Gasteiger partial charge is 0.355 e. The van der Waals surface area contributed by atoms with E-state index in [1.807, 2.05) is 30.3 Å². The van der Waals surface area contributed by atoms with Gasteiger partial charge >= 0.3 is 0 Å². The zero-order valence-corrected chi connectivity index (χ0v) is 18.8. The Labute approximate surface area is 188 Å². The van der Waals surface area contributed by atoms with Crippen molar-refractivity contribution in [3.05, 3.63) is 70.7 Å². The number of halogens is 1. The molecule has 0 aromatic heterocycles. The monoisotopic (exact) mass is 444 g/mol. The zero-order chi connectivity index (χ0) is 21.2. The van der Waals surface area contributed by atoms with Crippen LogP contribution in [0.4, 0.5) is 0 Å². The van der Waals surface area contributed by atoms with Gasteiger partial charge in [0.2, 0.25) is 11.8 Å². The van der Waals surface area contributed by atoms with E-state index in [4.69, 9.17) is 11.6 Å². The number of aryl methyl sites for hydroxylation is 1. The third kappa shape index (κ3) is 7.37. The lowest BCUT2D eigenvalue weighted by Gasteiger charge is -2.39. The average Bonchev–Trinajstić information content (AvgIpc) is 2.76. The van der Waals surface area contributed by atoms with E-state index in [0.29, 0.717) is 13.0 Å². The SMILES string of the molecule is O=C(CN1C(=O)C[C@@H]1SCc1ccccc1)NCCCCCCc1ccc(Cl)cc1. The lowest BCUT2D eigenvalue weighted by molar-refractivity contribution is -0.145. The van der Waals surface area contributed by atoms with Gasteiger partial charge in [0.15, 0.2) is 0 Å². The molecule has 1 heterocycles. The van der Waals surface area contributed by atoms with Crippen molar-refractivity contribution >= 4 is 35.2 Å². The van der Waals surface area contributed by atoms with Crippen molar-refractivity contribution in [1.82, 2.24) is 10.2 Å². The summed E-state index contributed by atoms with van der Waals surface area (Å²) >= 11 is 7.62. The summed E-state index contributed by atoms with van der Waals surface area (Å²) in [5, 5.41) is 3.84. The number of hydrogen-bond acceptors (Lipinski definition) is 3. The van der Waals surface area contributed by atoms with E-state index in [2.05, 4.69) is 29.6 Å². The van der Waals surface area contributed by atoms with Gasteiger partial charge in [-0.25, -0.2) is 0 Å². The van der Waals surface area contributed by atoms with Crippen LogP contribution in [0.3, 0.4) is 0 Å². The van der Waals surface area contributed by atoms with Gasteiger partial charge in [-0.2, -0.15) is 0 Å². The predicted octanol–water partition coefficient (Wildman–Crippen LogP) is 5.05. The van der Waals surface area contributed by atoms with E-state index >= 15 is 0 Å². The molecule has 0 radical (unpaired) electrons. The first-order valence-electron chi connectivity index (χ1n) is 10.6. The molecule has 1 N–H and O–H groups in total. The van der Waals surface area contributed by atoms with Crippen molar-refractivity contribution in [2.45, 2.75) is 49.7 Å². The lowest BCUT2D eigenvalue weighted by atomic mass is 10.1. The zero-order valence-electron chi connectivity index (χ0n) is 17.2. The molecule has 160 valence electrons. The van der Waals surface area contributed by atoms with Gasteiger partial charge in [0.05, 0.1) is 11.8 Å². The average molecular weight is 445 g/mol. The number of carbonyl (C=O) groups is 2. The number of carbonyl (C=O) groups excluding carboxylic acids is 2. The third-order valence-corrected chi connectivity index (χ3v) is 6.80. The van der Waals surface area contributed by atoms with Gasteiger partial charge in [-0.15, -0.1) is 11.8 Å². The van der Waals surface area contributed by atoms with E-state index < -0.39 is 0 Å². The van der Waals surface area contributed by atoms with Crippen LogP contribution in [0.1, 0.15) is 43.2 Å². The molecule has 1 aliphatic rings. The number of amides is 2. The van der Waals surface area contributed by atoms with Gasteiger partial charge < -0.3 is 10.2 Å². The number of nitrogens with zero attached hydrogens (tertiary/aromatic N) is 1. The van der Waals surface area contributed by atoms with E-state index in [1.54, 1.807) is 16.7 Å². The smallest absolute Gasteiger partial charge is 0.239 e. The molecule has 0 saturated carbocycles. The molecule has 6 heteroatoms. The van der Waals surface area contributed by atoms with Crippen molar-refractivity contribution in [1.29, 1.82) is 0 Å². The number of benzene rings is 2. The van der Waals surface area contributed by atoms with E-state index in [1.165, 1.54) is 11.1 Å². The maximum absolute atomic E-state index is 12.2. The van der Waals surface area contributed by atoms with Crippen molar-refractivity contribution in [2.24, 2.45) is 0 Å². The van der Waals surface area contributed by atoms with E-state index in [9.17, 15) is 9.59 Å². The number of nitrogens with one attached hydrogen (secondary N) is 1. The minimum absolute atomic E-state index is 0.0606. The first-order valence-corrected chi connectivity index (χ1v) is 12.0. The Morgan fingerprint density at radius 1 is 1.00 bits per heavy atom. The van der Waals surface area contributed by atoms with Crippen molar-refractivity contribution in [3.8, 4) is 0 Å². The Morgan fingerprint density at radius 2 is 1.73 bits per heavy atom. The molecule has 1 saturated heterocycles. The highest BCUT2D eigenvalue weighted by molar-refractivity contribution is 7.99. The van der Waals surface area contributed by atoms with Crippen molar-refractivity contribution in [3.63, 3.8) is 0 Å². The fourth-order valence-electron chi connectivity index (χ4n) is 3.43. The number of rotatable bonds is 12. The van der Waals surface area contributed by atoms with Gasteiger partial charge in [-0.05, 0) is 42.5 Å². The van der Waals surface area contributed by atoms with Crippen LogP contribution in [0.15, 0.2) is 54.6 Å². The molecule has 4 nitrogen and oxygen atoms in total. The molecule has 3 rings (SSSR count). The standard InChI is InChI=1S/C24H29ClN2O2S/c25-21-13-11-19(12-14-21)8-4-1-2-7-15-26-22(28)17-27-23(29)16-24(27)30-18-20-9-5-3-6-10-20/h3,5-6,9-14,24H,1-2,4,7-8,15-18H2,(H,26,28)/t24-/m0/s1. The van der Waals surface area contributed by atoms with Gasteiger partial charge in [0.25, 0.3) is 0 Å². The summed E-state index contributed by atoms with van der Waals surface area (Å²) in [6.07, 6.45) is 5.92. The second-order valence-electron chi connectivity index (χ2n) is 7.62. The molecular formula is C24H29ClN2O2S. The van der Waals surface area contributed by atoms with E-state index in [0.717, 1.165) is 42.9 Å². The van der Waals surface area contributed by atoms with Crippen LogP contribution in [-0.4, -0.2) is 35.2 Å². The second-order valence-corrected chi connectivity index (χ2v) is 9.22. The number of unbranched alkanes of at least 4 members (excludes halogenated alkanes) is 3. The second kappa shape index (κ2) is 12.0. The molecule has 2 amide bonds. The molecule has 1 fully saturated rings. The Morgan fingerprint density at radius 3 is 2.47 bits per heavy atom. The summed E-state index contributed by atoms with van der Waals surface area (Å²) in [4.78, 5) is 25.8. The van der Waals surface area contributed by atoms with Crippen molar-refractivity contribution in [2.75, 3.05) is 13.1 Å². The predicted molar refractivity (Wildman–Crippen MR) is 124 cm³/mol. The fraction of sp³-hybridized carbons (Fsp3) is 0.417. The van der Waals surface area contributed by atoms with Crippen LogP contribution in [0.2, 0.25) is 5.02 Å². The van der Waals surface area contributed by atoms with Gasteiger partial charge in [0, 0.05) is 17.3 Å². The summed E-state index contributed by atoms with van der Waals surface area (Å²) in [5.41, 5.74) is 2.55. The normalized spacial score (nSPS) is 15.7. The Bertz CT molecular complexity index is 814. The first-order chi connectivity index (χ1) is 14.6. The highest BCUT2D eigenvalue weighted by Gasteiger charge is 2.37. The minimum Gasteiger partial charge on any atom is -0.355 e. The number of thioether (sulfide) groups is 1. The highest BCUT2D eigenvalue weighted by atomic mass is 35.5. The van der Waals surface area contributed by atoms with Gasteiger partial charge in [-0.1, -0.05) is 66.9 Å². The van der Waals surface area contributed by atoms with Crippen LogP contribution in [0.5, 0.6) is 0 Å². The van der Waals surface area contributed by atoms with Crippen LogP contribution in [0.25, 0.3) is 0 Å². The summed E-state index contributed by atoms with van der Waals surface area (Å²) < 4.78 is 0. The van der Waals surface area contributed by atoms with Crippen molar-refractivity contribution < 1.29 is 9.59 Å². The molecule has 0 bridgehead atoms. The topological polar surface area (TPSA) is 49.4 Å². The summed E-state index contributed by atoms with van der Waals surface area (Å²) in [7, 11) is 0. The minimum atomic E-state index is -0.0606. The summed E-state index contributed by atoms with van der Waals surface area (Å²) in [6.45, 7) is 0.839. The molecule has 0 aliphatic carbocycles. The Hall–Kier alpha value is -1.98. The lowest BCUT2D eigenvalue weighted by Crippen LogP contribution is -2.54. The molecule has 0 unspecified atom stereocenters. The maximum atomic E-state index is 12.2. The summed E-state index contributed by atoms with van der Waals surface area (Å²) in [5.74, 6) is 0.861. The van der Waals surface area contributed by atoms with Gasteiger partial charge in [0.1, 0.15) is 6.54 Å². The Kier molecular flexibility index (Phi) is 9.09. The first kappa shape index (κ1) is 22.7. The quantitative estimate of drug-likeness (QED) is 0.368. The third-order valence-electron chi connectivity index (χ3n) is 5.24. The maximum Gasteiger partial charge on any atom is 0.239 e. The van der Waals surface area contributed by atoms with E-state index in [-0.39, 0.29) is 23.7 Å². The molecule has 0 spiro atoms. The molecular weight excluding hydrogens is 416 g/mol. The molecule has 30 heavy (non-hydrogen) atoms. The van der Waals surface area contributed by atoms with Crippen LogP contribution >= 0.6 is 23.4 Å². The fourth-order valence-corrected chi connectivity index (χ4v) is 4.76. The highest BCUT2D eigenvalue weighted by Crippen LogP contribution is 2.31. The number of β-lactam (4-membered cyclic amide) rings is 1. The number of hydrogen-bond donors (Lipinski definition) is 1. The Balaban J connectivity index is 1.24. The molecule has 1 atom stereocenters. The van der Waals surface area contributed by atoms with Crippen LogP contribution < -0.4 is 5.32 Å². The molecule has 1 aliphatic heterocycles. The molecule has 2 aromatic rings. The molecule has 2 aromatic carbocycles. The van der Waals surface area contributed by atoms with Crippen LogP contribution in [-0.2, 0) is 21.8 Å². The van der Waals surface area contributed by atoms with Crippen LogP contribution in [0, 0.1) is 0 Å². The van der Waals surface area contributed by atoms with Gasteiger partial charge in [-0.3, -0.25) is 9.59 Å². The number of likely N-dealkylation sites (tertiary alicyclic amines) is 1.